The second kappa shape index (κ2) is 6.20. The van der Waals surface area contributed by atoms with Crippen molar-refractivity contribution in [2.75, 3.05) is 13.7 Å². The molecule has 1 aromatic rings. The van der Waals surface area contributed by atoms with E-state index in [9.17, 15) is 4.79 Å². The highest BCUT2D eigenvalue weighted by atomic mass is 35.5. The van der Waals surface area contributed by atoms with Crippen LogP contribution in [0.2, 0.25) is 5.02 Å². The summed E-state index contributed by atoms with van der Waals surface area (Å²) in [6.07, 6.45) is 2.20. The summed E-state index contributed by atoms with van der Waals surface area (Å²) in [7, 11) is 1.40. The first kappa shape index (κ1) is 15.0. The second-order valence-electron chi connectivity index (χ2n) is 4.41. The van der Waals surface area contributed by atoms with Gasteiger partial charge in [-0.25, -0.2) is 0 Å². The van der Waals surface area contributed by atoms with Crippen molar-refractivity contribution in [3.63, 3.8) is 0 Å². The van der Waals surface area contributed by atoms with Crippen LogP contribution in [0.1, 0.15) is 26.0 Å². The number of carbonyl (C=O) groups is 1. The SMILES string of the molecule is CCNC(C)(CCn1ncc(Cl)c1C)C(=O)OC. The van der Waals surface area contributed by atoms with Crippen molar-refractivity contribution in [2.45, 2.75) is 39.3 Å². The van der Waals surface area contributed by atoms with Crippen LogP contribution in [0.4, 0.5) is 0 Å². The van der Waals surface area contributed by atoms with E-state index in [-0.39, 0.29) is 5.97 Å². The number of esters is 1. The van der Waals surface area contributed by atoms with Gasteiger partial charge in [-0.15, -0.1) is 0 Å². The maximum absolute atomic E-state index is 11.8. The summed E-state index contributed by atoms with van der Waals surface area (Å²) in [5.41, 5.74) is 0.203. The van der Waals surface area contributed by atoms with Crippen molar-refractivity contribution in [2.24, 2.45) is 0 Å². The molecule has 0 saturated carbocycles. The van der Waals surface area contributed by atoms with E-state index in [0.29, 0.717) is 24.5 Å². The van der Waals surface area contributed by atoms with E-state index in [2.05, 4.69) is 10.4 Å². The highest BCUT2D eigenvalue weighted by Gasteiger charge is 2.33. The number of halogens is 1. The zero-order valence-electron chi connectivity index (χ0n) is 11.3. The molecular formula is C12H20ClN3O2. The van der Waals surface area contributed by atoms with Crippen LogP contribution in [-0.2, 0) is 16.1 Å². The molecule has 0 aliphatic heterocycles. The molecule has 1 rings (SSSR count). The van der Waals surface area contributed by atoms with Gasteiger partial charge in [0.25, 0.3) is 0 Å². The third-order valence-electron chi connectivity index (χ3n) is 3.07. The van der Waals surface area contributed by atoms with Crippen molar-refractivity contribution >= 4 is 17.6 Å². The van der Waals surface area contributed by atoms with Crippen LogP contribution in [0.3, 0.4) is 0 Å². The van der Waals surface area contributed by atoms with Crippen LogP contribution in [0.5, 0.6) is 0 Å². The lowest BCUT2D eigenvalue weighted by Gasteiger charge is -2.27. The quantitative estimate of drug-likeness (QED) is 0.803. The van der Waals surface area contributed by atoms with Crippen molar-refractivity contribution in [1.82, 2.24) is 15.1 Å². The van der Waals surface area contributed by atoms with Crippen molar-refractivity contribution < 1.29 is 9.53 Å². The summed E-state index contributed by atoms with van der Waals surface area (Å²) < 4.78 is 6.63. The maximum Gasteiger partial charge on any atom is 0.325 e. The molecule has 5 nitrogen and oxygen atoms in total. The molecule has 0 saturated heterocycles. The Balaban J connectivity index is 2.74. The molecule has 0 spiro atoms. The molecule has 0 aliphatic rings. The molecule has 0 radical (unpaired) electrons. The lowest BCUT2D eigenvalue weighted by Crippen LogP contribution is -2.50. The fourth-order valence-corrected chi connectivity index (χ4v) is 2.00. The van der Waals surface area contributed by atoms with Crippen LogP contribution in [0.25, 0.3) is 0 Å². The zero-order valence-corrected chi connectivity index (χ0v) is 12.0. The summed E-state index contributed by atoms with van der Waals surface area (Å²) in [5.74, 6) is -0.264. The number of nitrogens with one attached hydrogen (secondary N) is 1. The fourth-order valence-electron chi connectivity index (χ4n) is 1.86. The molecule has 18 heavy (non-hydrogen) atoms. The maximum atomic E-state index is 11.8. The Hall–Kier alpha value is -1.07. The minimum Gasteiger partial charge on any atom is -0.468 e. The van der Waals surface area contributed by atoms with Gasteiger partial charge < -0.3 is 10.1 Å². The van der Waals surface area contributed by atoms with Crippen molar-refractivity contribution in [3.05, 3.63) is 16.9 Å². The number of aromatic nitrogens is 2. The van der Waals surface area contributed by atoms with Gasteiger partial charge in [-0.05, 0) is 26.8 Å². The molecule has 0 bridgehead atoms. The van der Waals surface area contributed by atoms with E-state index in [0.717, 1.165) is 5.69 Å². The van der Waals surface area contributed by atoms with E-state index in [1.54, 1.807) is 10.9 Å². The summed E-state index contributed by atoms with van der Waals surface area (Å²) in [6, 6.07) is 0. The Kier molecular flexibility index (Phi) is 5.16. The first-order valence-corrected chi connectivity index (χ1v) is 6.33. The topological polar surface area (TPSA) is 56.2 Å². The second-order valence-corrected chi connectivity index (χ2v) is 4.81. The zero-order chi connectivity index (χ0) is 13.8. The molecule has 1 N–H and O–H groups in total. The standard InChI is InChI=1S/C12H20ClN3O2/c1-5-14-12(3,11(17)18-4)6-7-16-9(2)10(13)8-15-16/h8,14H,5-7H2,1-4H3. The third kappa shape index (κ3) is 3.23. The number of ether oxygens (including phenoxy) is 1. The van der Waals surface area contributed by atoms with Gasteiger partial charge in [0.15, 0.2) is 0 Å². The van der Waals surface area contributed by atoms with Gasteiger partial charge in [-0.1, -0.05) is 18.5 Å². The molecule has 6 heteroatoms. The van der Waals surface area contributed by atoms with Crippen LogP contribution in [-0.4, -0.2) is 34.9 Å². The van der Waals surface area contributed by atoms with Gasteiger partial charge in [0.1, 0.15) is 5.54 Å². The number of nitrogens with zero attached hydrogens (tertiary/aromatic N) is 2. The van der Waals surface area contributed by atoms with Gasteiger partial charge >= 0.3 is 5.97 Å². The van der Waals surface area contributed by atoms with Crippen LogP contribution in [0, 0.1) is 6.92 Å². The summed E-state index contributed by atoms with van der Waals surface area (Å²) in [4.78, 5) is 11.8. The highest BCUT2D eigenvalue weighted by molar-refractivity contribution is 6.31. The van der Waals surface area contributed by atoms with Crippen LogP contribution in [0.15, 0.2) is 6.20 Å². The summed E-state index contributed by atoms with van der Waals surface area (Å²) in [6.45, 7) is 7.00. The molecule has 1 unspecified atom stereocenters. The first-order chi connectivity index (χ1) is 8.44. The normalized spacial score (nSPS) is 14.3. The van der Waals surface area contributed by atoms with Gasteiger partial charge in [0.05, 0.1) is 24.0 Å². The van der Waals surface area contributed by atoms with E-state index in [1.807, 2.05) is 20.8 Å². The largest absolute Gasteiger partial charge is 0.468 e. The fraction of sp³-hybridized carbons (Fsp3) is 0.667. The van der Waals surface area contributed by atoms with Crippen molar-refractivity contribution in [1.29, 1.82) is 0 Å². The number of methoxy groups -OCH3 is 1. The highest BCUT2D eigenvalue weighted by Crippen LogP contribution is 2.17. The molecule has 1 heterocycles. The number of aryl methyl sites for hydroxylation is 1. The third-order valence-corrected chi connectivity index (χ3v) is 3.44. The van der Waals surface area contributed by atoms with E-state index in [4.69, 9.17) is 16.3 Å². The number of rotatable bonds is 6. The Morgan fingerprint density at radius 3 is 2.78 bits per heavy atom. The Morgan fingerprint density at radius 2 is 2.33 bits per heavy atom. The molecule has 0 amide bonds. The minimum atomic E-state index is -0.700. The smallest absolute Gasteiger partial charge is 0.325 e. The number of likely N-dealkylation sites (N-methyl/N-ethyl adjacent to an activating group) is 1. The first-order valence-electron chi connectivity index (χ1n) is 5.96. The number of hydrogen-bond donors (Lipinski definition) is 1. The van der Waals surface area contributed by atoms with Crippen LogP contribution >= 0.6 is 11.6 Å². The molecular weight excluding hydrogens is 254 g/mol. The molecule has 1 aromatic heterocycles. The molecule has 0 aliphatic carbocycles. The Morgan fingerprint density at radius 1 is 1.67 bits per heavy atom. The van der Waals surface area contributed by atoms with Gasteiger partial charge in [0.2, 0.25) is 0 Å². The van der Waals surface area contributed by atoms with Crippen molar-refractivity contribution in [3.8, 4) is 0 Å². The lowest BCUT2D eigenvalue weighted by molar-refractivity contribution is -0.148. The summed E-state index contributed by atoms with van der Waals surface area (Å²) >= 11 is 5.94. The number of carbonyl (C=O) groups excluding carboxylic acids is 1. The van der Waals surface area contributed by atoms with E-state index in [1.165, 1.54) is 7.11 Å². The summed E-state index contributed by atoms with van der Waals surface area (Å²) in [5, 5.41) is 7.96. The molecule has 0 fully saturated rings. The van der Waals surface area contributed by atoms with E-state index < -0.39 is 5.54 Å². The molecule has 0 aromatic carbocycles. The van der Waals surface area contributed by atoms with Gasteiger partial charge in [-0.2, -0.15) is 5.10 Å². The predicted octanol–water partition coefficient (Wildman–Crippen LogP) is 1.78. The van der Waals surface area contributed by atoms with E-state index >= 15 is 0 Å². The molecule has 1 atom stereocenters. The monoisotopic (exact) mass is 273 g/mol. The Bertz CT molecular complexity index is 419. The lowest BCUT2D eigenvalue weighted by atomic mass is 9.98. The molecule has 102 valence electrons. The average molecular weight is 274 g/mol. The number of hydrogen-bond acceptors (Lipinski definition) is 4. The Labute approximate surface area is 112 Å². The average Bonchev–Trinajstić information content (AvgIpc) is 2.67. The van der Waals surface area contributed by atoms with Gasteiger partial charge in [0, 0.05) is 6.54 Å². The minimum absolute atomic E-state index is 0.264. The van der Waals surface area contributed by atoms with Crippen LogP contribution < -0.4 is 5.32 Å². The van der Waals surface area contributed by atoms with Gasteiger partial charge in [-0.3, -0.25) is 9.48 Å². The predicted molar refractivity (Wildman–Crippen MR) is 70.7 cm³/mol.